The van der Waals surface area contributed by atoms with Gasteiger partial charge in [-0.2, -0.15) is 0 Å². The smallest absolute Gasteiger partial charge is 0.118 e. The van der Waals surface area contributed by atoms with E-state index in [1.807, 2.05) is 0 Å². The first kappa shape index (κ1) is 21.9. The largest absolute Gasteiger partial charge is 0.508 e. The van der Waals surface area contributed by atoms with Gasteiger partial charge in [-0.3, -0.25) is 0 Å². The first-order valence-electron chi connectivity index (χ1n) is 10.2. The minimum absolute atomic E-state index is 0.00718. The Morgan fingerprint density at radius 2 is 1.00 bits per heavy atom. The van der Waals surface area contributed by atoms with Crippen molar-refractivity contribution in [3.05, 3.63) is 46.0 Å². The lowest BCUT2D eigenvalue weighted by atomic mass is 9.68. The maximum atomic E-state index is 11.1. The molecule has 0 aromatic heterocycles. The summed E-state index contributed by atoms with van der Waals surface area (Å²) in [4.78, 5) is 0. The van der Waals surface area contributed by atoms with Crippen LogP contribution in [0.2, 0.25) is 0 Å². The molecule has 2 aliphatic rings. The van der Waals surface area contributed by atoms with Gasteiger partial charge < -0.3 is 10.2 Å². The second-order valence-electron chi connectivity index (χ2n) is 12.0. The summed E-state index contributed by atoms with van der Waals surface area (Å²) in [5.41, 5.74) is 3.96. The molecule has 0 unspecified atom stereocenters. The van der Waals surface area contributed by atoms with Gasteiger partial charge in [0, 0.05) is 0 Å². The summed E-state index contributed by atoms with van der Waals surface area (Å²) in [6, 6.07) is 0. The molecule has 2 N–H and O–H groups in total. The van der Waals surface area contributed by atoms with Crippen molar-refractivity contribution < 1.29 is 10.2 Å². The van der Waals surface area contributed by atoms with Crippen LogP contribution in [0.15, 0.2) is 46.0 Å². The van der Waals surface area contributed by atoms with E-state index in [1.165, 1.54) is 0 Å². The second-order valence-corrected chi connectivity index (χ2v) is 12.0. The van der Waals surface area contributed by atoms with Crippen molar-refractivity contribution in [3.8, 4) is 0 Å². The highest BCUT2D eigenvalue weighted by atomic mass is 16.3. The number of hydrogen-bond donors (Lipinski definition) is 2. The Morgan fingerprint density at radius 1 is 0.704 bits per heavy atom. The molecule has 2 rings (SSSR count). The predicted molar refractivity (Wildman–Crippen MR) is 116 cm³/mol. The van der Waals surface area contributed by atoms with E-state index in [0.29, 0.717) is 17.9 Å². The molecular formula is C25H40O2. The van der Waals surface area contributed by atoms with E-state index in [4.69, 9.17) is 0 Å². The van der Waals surface area contributed by atoms with Crippen LogP contribution < -0.4 is 0 Å². The summed E-state index contributed by atoms with van der Waals surface area (Å²) in [5.74, 6) is 0.874. The average molecular weight is 373 g/mol. The first-order valence-corrected chi connectivity index (χ1v) is 10.2. The third kappa shape index (κ3) is 4.89. The van der Waals surface area contributed by atoms with Gasteiger partial charge in [0.15, 0.2) is 0 Å². The molecule has 0 fully saturated rings. The molecular weight excluding hydrogens is 332 g/mol. The molecule has 0 bridgehead atoms. The Hall–Kier alpha value is -1.44. The van der Waals surface area contributed by atoms with Gasteiger partial charge >= 0.3 is 0 Å². The lowest BCUT2D eigenvalue weighted by Crippen LogP contribution is -2.26. The minimum Gasteiger partial charge on any atom is -0.508 e. The second kappa shape index (κ2) is 6.57. The standard InChI is InChI=1S/C25H40O2/c1-22(2,3)18-14-24(7,8)12-16(20(18)26)11-17-13-25(9,10)15-19(21(17)27)23(4,5)6/h14-15,26-27H,11-13H2,1-10H3. The predicted octanol–water partition coefficient (Wildman–Crippen LogP) is 7.81. The van der Waals surface area contributed by atoms with Crippen LogP contribution in [0.4, 0.5) is 0 Å². The van der Waals surface area contributed by atoms with Crippen molar-refractivity contribution in [2.75, 3.05) is 0 Å². The maximum absolute atomic E-state index is 11.1. The van der Waals surface area contributed by atoms with Crippen molar-refractivity contribution >= 4 is 0 Å². The van der Waals surface area contributed by atoms with Gasteiger partial charge in [-0.1, -0.05) is 81.4 Å². The SMILES string of the molecule is CC1(C)C=C(C(C)(C)C)C(O)=C(CC2=C(O)C(C(C)(C)C)=CC(C)(C)C2)C1. The van der Waals surface area contributed by atoms with Crippen LogP contribution in [-0.2, 0) is 0 Å². The van der Waals surface area contributed by atoms with Gasteiger partial charge in [0.1, 0.15) is 11.5 Å². The molecule has 0 spiro atoms. The van der Waals surface area contributed by atoms with Gasteiger partial charge in [0.2, 0.25) is 0 Å². The van der Waals surface area contributed by atoms with E-state index in [2.05, 4.69) is 81.4 Å². The molecule has 0 saturated heterocycles. The highest BCUT2D eigenvalue weighted by molar-refractivity contribution is 5.45. The van der Waals surface area contributed by atoms with Crippen molar-refractivity contribution in [3.63, 3.8) is 0 Å². The monoisotopic (exact) mass is 372 g/mol. The van der Waals surface area contributed by atoms with Crippen LogP contribution in [0.25, 0.3) is 0 Å². The Balaban J connectivity index is 2.51. The molecule has 0 radical (unpaired) electrons. The number of aliphatic hydroxyl groups is 2. The van der Waals surface area contributed by atoms with Crippen molar-refractivity contribution in [1.82, 2.24) is 0 Å². The highest BCUT2D eigenvalue weighted by Crippen LogP contribution is 2.48. The third-order valence-electron chi connectivity index (χ3n) is 5.63. The van der Waals surface area contributed by atoms with E-state index in [-0.39, 0.29) is 21.7 Å². The van der Waals surface area contributed by atoms with E-state index < -0.39 is 0 Å². The molecule has 0 amide bonds. The fraction of sp³-hybridized carbons (Fsp3) is 0.680. The Labute approximate surface area is 166 Å². The van der Waals surface area contributed by atoms with E-state index in [9.17, 15) is 10.2 Å². The zero-order valence-corrected chi connectivity index (χ0v) is 19.2. The molecule has 27 heavy (non-hydrogen) atoms. The van der Waals surface area contributed by atoms with Crippen LogP contribution in [0, 0.1) is 21.7 Å². The van der Waals surface area contributed by atoms with Crippen LogP contribution in [-0.4, -0.2) is 10.2 Å². The van der Waals surface area contributed by atoms with Crippen molar-refractivity contribution in [2.45, 2.75) is 88.5 Å². The van der Waals surface area contributed by atoms with Crippen LogP contribution in [0.1, 0.15) is 88.5 Å². The topological polar surface area (TPSA) is 40.5 Å². The van der Waals surface area contributed by atoms with Gasteiger partial charge in [-0.05, 0) is 63.2 Å². The summed E-state index contributed by atoms with van der Waals surface area (Å²) < 4.78 is 0. The van der Waals surface area contributed by atoms with Gasteiger partial charge in [0.05, 0.1) is 0 Å². The quantitative estimate of drug-likeness (QED) is 0.519. The number of allylic oxidation sites excluding steroid dienone is 6. The number of aliphatic hydroxyl groups excluding tert-OH is 2. The van der Waals surface area contributed by atoms with E-state index in [1.54, 1.807) is 0 Å². The van der Waals surface area contributed by atoms with Gasteiger partial charge in [0.25, 0.3) is 0 Å². The van der Waals surface area contributed by atoms with E-state index in [0.717, 1.165) is 35.1 Å². The first-order chi connectivity index (χ1) is 11.9. The fourth-order valence-corrected chi connectivity index (χ4v) is 4.36. The molecule has 0 aliphatic heterocycles. The summed E-state index contributed by atoms with van der Waals surface area (Å²) >= 11 is 0. The van der Waals surface area contributed by atoms with Crippen molar-refractivity contribution in [1.29, 1.82) is 0 Å². The molecule has 0 aromatic carbocycles. The molecule has 152 valence electrons. The highest BCUT2D eigenvalue weighted by Gasteiger charge is 2.36. The minimum atomic E-state index is -0.105. The summed E-state index contributed by atoms with van der Waals surface area (Å²) in [5, 5.41) is 22.1. The van der Waals surface area contributed by atoms with Crippen LogP contribution >= 0.6 is 0 Å². The van der Waals surface area contributed by atoms with E-state index >= 15 is 0 Å². The Bertz CT molecular complexity index is 674. The number of rotatable bonds is 2. The maximum Gasteiger partial charge on any atom is 0.118 e. The lowest BCUT2D eigenvalue weighted by Gasteiger charge is -2.38. The summed E-state index contributed by atoms with van der Waals surface area (Å²) in [7, 11) is 0. The average Bonchev–Trinajstić information content (AvgIpc) is 2.43. The molecule has 2 nitrogen and oxygen atoms in total. The summed E-state index contributed by atoms with van der Waals surface area (Å²) in [6.45, 7) is 21.8. The Morgan fingerprint density at radius 3 is 1.26 bits per heavy atom. The number of hydrogen-bond acceptors (Lipinski definition) is 2. The normalized spacial score (nSPS) is 23.3. The molecule has 2 heteroatoms. The molecule has 0 heterocycles. The Kier molecular flexibility index (Phi) is 5.32. The summed E-state index contributed by atoms with van der Waals surface area (Å²) in [6.07, 6.45) is 6.75. The molecule has 0 saturated carbocycles. The third-order valence-corrected chi connectivity index (χ3v) is 5.63. The molecule has 0 aromatic rings. The molecule has 2 aliphatic carbocycles. The van der Waals surface area contributed by atoms with Crippen LogP contribution in [0.5, 0.6) is 0 Å². The lowest BCUT2D eigenvalue weighted by molar-refractivity contribution is 0.321. The zero-order chi connectivity index (χ0) is 21.0. The van der Waals surface area contributed by atoms with Gasteiger partial charge in [-0.25, -0.2) is 0 Å². The van der Waals surface area contributed by atoms with Crippen molar-refractivity contribution in [2.24, 2.45) is 21.7 Å². The molecule has 0 atom stereocenters. The zero-order valence-electron chi connectivity index (χ0n) is 19.2. The van der Waals surface area contributed by atoms with Crippen LogP contribution in [0.3, 0.4) is 0 Å². The van der Waals surface area contributed by atoms with Gasteiger partial charge in [-0.15, -0.1) is 0 Å². The fourth-order valence-electron chi connectivity index (χ4n) is 4.36.